The van der Waals surface area contributed by atoms with Crippen molar-refractivity contribution < 1.29 is 35.8 Å². The molecule has 159 valence electrons. The summed E-state index contributed by atoms with van der Waals surface area (Å²) in [5.74, 6) is -0.221. The minimum absolute atomic E-state index is 0. The molecule has 0 atom stereocenters. The van der Waals surface area contributed by atoms with E-state index in [4.69, 9.17) is 4.74 Å². The molecule has 0 saturated carbocycles. The number of methoxy groups -OCH3 is 1. The van der Waals surface area contributed by atoms with Crippen molar-refractivity contribution in [3.05, 3.63) is 48.0 Å². The summed E-state index contributed by atoms with van der Waals surface area (Å²) < 4.78 is 69.2. The Balaban J connectivity index is 0.00000341. The molecule has 3 aromatic carbocycles. The first-order valence-electron chi connectivity index (χ1n) is 8.23. The molecule has 1 radical (unpaired) electrons. The number of fused-ring (bicyclic) bond motifs is 1. The van der Waals surface area contributed by atoms with Gasteiger partial charge in [-0.1, -0.05) is 12.1 Å². The van der Waals surface area contributed by atoms with Gasteiger partial charge >= 0.3 is 0 Å². The van der Waals surface area contributed by atoms with E-state index < -0.39 is 20.2 Å². The van der Waals surface area contributed by atoms with Gasteiger partial charge in [-0.05, 0) is 42.1 Å². The van der Waals surface area contributed by atoms with Gasteiger partial charge in [-0.25, -0.2) is 0 Å². The summed E-state index contributed by atoms with van der Waals surface area (Å²) in [6.45, 7) is 1.45. The van der Waals surface area contributed by atoms with Crippen LogP contribution in [0.2, 0.25) is 0 Å². The van der Waals surface area contributed by atoms with Gasteiger partial charge in [0.25, 0.3) is 20.2 Å². The van der Waals surface area contributed by atoms with E-state index >= 15 is 0 Å². The summed E-state index contributed by atoms with van der Waals surface area (Å²) in [7, 11) is -7.59. The number of hydrogen-bond donors (Lipinski definition) is 3. The fraction of sp³-hybridized carbons (Fsp3) is 0.111. The quantitative estimate of drug-likeness (QED) is 0.287. The Morgan fingerprint density at radius 2 is 1.58 bits per heavy atom. The summed E-state index contributed by atoms with van der Waals surface area (Å²) in [6, 6.07) is 8.90. The molecule has 0 fully saturated rings. The smallest absolute Gasteiger partial charge is 0.294 e. The van der Waals surface area contributed by atoms with Crippen LogP contribution in [0.4, 0.5) is 11.4 Å². The molecule has 0 bridgehead atoms. The molecule has 13 heteroatoms. The van der Waals surface area contributed by atoms with E-state index in [1.54, 1.807) is 0 Å². The normalized spacial score (nSPS) is 12.1. The van der Waals surface area contributed by atoms with Gasteiger partial charge in [0.15, 0.2) is 0 Å². The number of rotatable bonds is 5. The number of aromatic hydroxyl groups is 1. The predicted octanol–water partition coefficient (Wildman–Crippen LogP) is 3.39. The van der Waals surface area contributed by atoms with E-state index in [1.807, 2.05) is 0 Å². The van der Waals surface area contributed by atoms with Gasteiger partial charge in [0.1, 0.15) is 27.8 Å². The monoisotopic (exact) mass is 475 g/mol. The van der Waals surface area contributed by atoms with Gasteiger partial charge in [-0.3, -0.25) is 9.11 Å². The third-order valence-corrected chi connectivity index (χ3v) is 6.10. The number of aryl methyl sites for hydroxylation is 1. The topological polar surface area (TPSA) is 163 Å². The third kappa shape index (κ3) is 5.41. The van der Waals surface area contributed by atoms with Crippen molar-refractivity contribution in [1.82, 2.24) is 0 Å². The molecule has 0 unspecified atom stereocenters. The number of hydrogen-bond acceptors (Lipinski definition) is 8. The van der Waals surface area contributed by atoms with Crippen LogP contribution in [0.1, 0.15) is 5.56 Å². The van der Waals surface area contributed by atoms with Crippen molar-refractivity contribution >= 4 is 71.9 Å². The zero-order valence-electron chi connectivity index (χ0n) is 16.6. The molecule has 0 aliphatic carbocycles. The van der Waals surface area contributed by atoms with E-state index in [1.165, 1.54) is 44.4 Å². The maximum atomic E-state index is 11.5. The minimum atomic E-state index is -4.46. The van der Waals surface area contributed by atoms with Crippen molar-refractivity contribution in [2.75, 3.05) is 7.11 Å². The summed E-state index contributed by atoms with van der Waals surface area (Å²) in [4.78, 5) is -0.661. The SMILES string of the molecule is COc1cc(S(=O)(=O)O)c(C)cc1N=Nc1c(O)ccc2cc(S(=O)(=O)O)ccc12.[Na]. The standard InChI is InChI=1S/C18H16N2O8S2.Na/c1-10-7-14(16(28-2)9-17(10)30(25,26)27)19-20-18-13-5-4-12(29(22,23)24)8-11(13)3-6-15(18)21;/h3-9,21H,1-2H3,(H,22,23,24)(H,25,26,27);. The van der Waals surface area contributed by atoms with Crippen molar-refractivity contribution in [2.24, 2.45) is 10.2 Å². The zero-order chi connectivity index (χ0) is 22.3. The van der Waals surface area contributed by atoms with Gasteiger partial charge in [-0.2, -0.15) is 16.8 Å². The predicted molar refractivity (Wildman–Crippen MR) is 113 cm³/mol. The summed E-state index contributed by atoms with van der Waals surface area (Å²) in [5, 5.41) is 18.9. The largest absolute Gasteiger partial charge is 0.506 e. The molecule has 3 rings (SSSR count). The maximum absolute atomic E-state index is 11.5. The van der Waals surface area contributed by atoms with Crippen molar-refractivity contribution in [3.8, 4) is 11.5 Å². The molecular formula is C18H16N2NaO8S2. The number of benzene rings is 3. The molecule has 0 aliphatic rings. The van der Waals surface area contributed by atoms with Crippen LogP contribution in [-0.2, 0) is 20.2 Å². The second kappa shape index (κ2) is 9.20. The molecular weight excluding hydrogens is 459 g/mol. The van der Waals surface area contributed by atoms with Crippen LogP contribution in [0.15, 0.2) is 62.5 Å². The van der Waals surface area contributed by atoms with E-state index in [2.05, 4.69) is 10.2 Å². The Labute approximate surface area is 200 Å². The summed E-state index contributed by atoms with van der Waals surface area (Å²) in [5.41, 5.74) is 0.355. The molecule has 0 amide bonds. The Kier molecular flexibility index (Phi) is 7.48. The van der Waals surface area contributed by atoms with Crippen LogP contribution in [0.25, 0.3) is 10.8 Å². The Morgan fingerprint density at radius 3 is 2.16 bits per heavy atom. The van der Waals surface area contributed by atoms with Gasteiger partial charge < -0.3 is 9.84 Å². The van der Waals surface area contributed by atoms with Crippen LogP contribution in [0, 0.1) is 6.92 Å². The fourth-order valence-corrected chi connectivity index (χ4v) is 4.06. The maximum Gasteiger partial charge on any atom is 0.294 e. The number of phenols is 1. The van der Waals surface area contributed by atoms with Gasteiger partial charge in [0, 0.05) is 41.0 Å². The van der Waals surface area contributed by atoms with E-state index in [0.29, 0.717) is 10.8 Å². The second-order valence-corrected chi connectivity index (χ2v) is 9.07. The molecule has 0 spiro atoms. The number of ether oxygens (including phenoxy) is 1. The molecule has 0 heterocycles. The fourth-order valence-electron chi connectivity index (χ4n) is 2.82. The van der Waals surface area contributed by atoms with Gasteiger partial charge in [-0.15, -0.1) is 10.2 Å². The third-order valence-electron chi connectivity index (χ3n) is 4.25. The van der Waals surface area contributed by atoms with Crippen molar-refractivity contribution in [2.45, 2.75) is 16.7 Å². The molecule has 3 N–H and O–H groups in total. The van der Waals surface area contributed by atoms with Crippen molar-refractivity contribution in [1.29, 1.82) is 0 Å². The molecule has 10 nitrogen and oxygen atoms in total. The zero-order valence-corrected chi connectivity index (χ0v) is 20.3. The minimum Gasteiger partial charge on any atom is -0.506 e. The summed E-state index contributed by atoms with van der Waals surface area (Å²) in [6.07, 6.45) is 0. The van der Waals surface area contributed by atoms with Crippen LogP contribution < -0.4 is 4.74 Å². The van der Waals surface area contributed by atoms with Crippen molar-refractivity contribution in [3.63, 3.8) is 0 Å². The van der Waals surface area contributed by atoms with Crippen LogP contribution in [-0.4, -0.2) is 67.7 Å². The van der Waals surface area contributed by atoms with Crippen LogP contribution in [0.3, 0.4) is 0 Å². The number of phenolic OH excluding ortho intramolecular Hbond substituents is 1. The first kappa shape index (κ1) is 25.2. The first-order valence-corrected chi connectivity index (χ1v) is 11.1. The van der Waals surface area contributed by atoms with Crippen LogP contribution in [0.5, 0.6) is 11.5 Å². The second-order valence-electron chi connectivity index (χ2n) is 6.26. The van der Waals surface area contributed by atoms with Gasteiger partial charge in [0.2, 0.25) is 0 Å². The van der Waals surface area contributed by atoms with E-state index in [0.717, 1.165) is 12.1 Å². The van der Waals surface area contributed by atoms with E-state index in [9.17, 15) is 31.0 Å². The van der Waals surface area contributed by atoms with Crippen LogP contribution >= 0.6 is 0 Å². The molecule has 0 saturated heterocycles. The van der Waals surface area contributed by atoms with E-state index in [-0.39, 0.29) is 67.8 Å². The Hall–Kier alpha value is -2.06. The average Bonchev–Trinajstić information content (AvgIpc) is 2.65. The molecule has 31 heavy (non-hydrogen) atoms. The molecule has 3 aromatic rings. The summed E-state index contributed by atoms with van der Waals surface area (Å²) >= 11 is 0. The Bertz CT molecular complexity index is 1400. The number of nitrogens with zero attached hydrogens (tertiary/aromatic N) is 2. The molecule has 0 aliphatic heterocycles. The Morgan fingerprint density at radius 1 is 0.903 bits per heavy atom. The van der Waals surface area contributed by atoms with Gasteiger partial charge in [0.05, 0.1) is 12.0 Å². The first-order chi connectivity index (χ1) is 13.9. The molecule has 0 aromatic heterocycles. The number of azo groups is 1. The average molecular weight is 475 g/mol.